The van der Waals surface area contributed by atoms with Crippen LogP contribution in [0.5, 0.6) is 5.75 Å². The van der Waals surface area contributed by atoms with E-state index in [1.54, 1.807) is 42.5 Å². The monoisotopic (exact) mass is 421 g/mol. The van der Waals surface area contributed by atoms with Crippen LogP contribution in [0.1, 0.15) is 39.4 Å². The van der Waals surface area contributed by atoms with Crippen LogP contribution in [0.3, 0.4) is 0 Å². The summed E-state index contributed by atoms with van der Waals surface area (Å²) in [5.74, 6) is 0.549. The summed E-state index contributed by atoms with van der Waals surface area (Å²) in [5.41, 5.74) is 1.45. The molecule has 0 bridgehead atoms. The van der Waals surface area contributed by atoms with Crippen LogP contribution < -0.4 is 15.4 Å². The molecule has 1 fully saturated rings. The molecule has 1 saturated heterocycles. The summed E-state index contributed by atoms with van der Waals surface area (Å²) in [6.07, 6.45) is 2.04. The average Bonchev–Trinajstić information content (AvgIpc) is 3.50. The molecule has 0 saturated carbocycles. The molecular formula is C23H23N3O5. The molecule has 1 aliphatic heterocycles. The maximum absolute atomic E-state index is 12.2. The Morgan fingerprint density at radius 2 is 1.87 bits per heavy atom. The van der Waals surface area contributed by atoms with Gasteiger partial charge in [0.15, 0.2) is 11.5 Å². The highest BCUT2D eigenvalue weighted by atomic mass is 16.5. The highest BCUT2D eigenvalue weighted by Crippen LogP contribution is 2.18. The van der Waals surface area contributed by atoms with E-state index >= 15 is 0 Å². The lowest BCUT2D eigenvalue weighted by molar-refractivity contribution is 0.0850. The van der Waals surface area contributed by atoms with Crippen LogP contribution in [-0.2, 0) is 11.3 Å². The quantitative estimate of drug-likeness (QED) is 0.578. The molecule has 8 heteroatoms. The van der Waals surface area contributed by atoms with E-state index in [9.17, 15) is 9.59 Å². The van der Waals surface area contributed by atoms with E-state index in [1.807, 2.05) is 18.2 Å². The number of anilines is 1. The first kappa shape index (κ1) is 20.6. The lowest BCUT2D eigenvalue weighted by atomic mass is 10.2. The minimum atomic E-state index is -0.302. The van der Waals surface area contributed by atoms with Crippen molar-refractivity contribution in [1.82, 2.24) is 10.5 Å². The third-order valence-electron chi connectivity index (χ3n) is 4.84. The van der Waals surface area contributed by atoms with Crippen LogP contribution in [0.2, 0.25) is 0 Å². The number of ether oxygens (including phenoxy) is 2. The molecule has 2 amide bonds. The first-order valence-electron chi connectivity index (χ1n) is 10.1. The Morgan fingerprint density at radius 3 is 2.61 bits per heavy atom. The van der Waals surface area contributed by atoms with Gasteiger partial charge in [0, 0.05) is 30.5 Å². The third-order valence-corrected chi connectivity index (χ3v) is 4.84. The number of benzene rings is 2. The van der Waals surface area contributed by atoms with Gasteiger partial charge in [-0.3, -0.25) is 9.59 Å². The van der Waals surface area contributed by atoms with Gasteiger partial charge in [0.05, 0.1) is 6.10 Å². The Morgan fingerprint density at radius 1 is 1.06 bits per heavy atom. The van der Waals surface area contributed by atoms with Gasteiger partial charge in [-0.05, 0) is 49.2 Å². The minimum absolute atomic E-state index is 0.0686. The van der Waals surface area contributed by atoms with Gasteiger partial charge in [-0.1, -0.05) is 23.4 Å². The van der Waals surface area contributed by atoms with Crippen molar-refractivity contribution in [3.05, 3.63) is 77.7 Å². The first-order chi connectivity index (χ1) is 15.2. The molecule has 2 N–H and O–H groups in total. The van der Waals surface area contributed by atoms with Crippen molar-refractivity contribution < 1.29 is 23.6 Å². The second-order valence-electron chi connectivity index (χ2n) is 7.16. The molecule has 0 radical (unpaired) electrons. The Kier molecular flexibility index (Phi) is 6.59. The van der Waals surface area contributed by atoms with E-state index in [4.69, 9.17) is 14.0 Å². The summed E-state index contributed by atoms with van der Waals surface area (Å²) >= 11 is 0. The number of hydrogen-bond acceptors (Lipinski definition) is 6. The molecule has 0 aliphatic carbocycles. The van der Waals surface area contributed by atoms with Gasteiger partial charge < -0.3 is 24.6 Å². The van der Waals surface area contributed by atoms with Crippen molar-refractivity contribution in [3.8, 4) is 5.75 Å². The fraction of sp³-hybridized carbons (Fsp3) is 0.261. The van der Waals surface area contributed by atoms with Crippen LogP contribution in [0.4, 0.5) is 5.69 Å². The molecule has 160 valence electrons. The SMILES string of the molecule is O=C(Nc1ccc(OCc2cc(C(=O)NC[C@H]3CCCO3)no2)cc1)c1ccccc1. The zero-order valence-electron chi connectivity index (χ0n) is 16.9. The van der Waals surface area contributed by atoms with E-state index in [-0.39, 0.29) is 30.2 Å². The first-order valence-corrected chi connectivity index (χ1v) is 10.1. The van der Waals surface area contributed by atoms with E-state index in [2.05, 4.69) is 15.8 Å². The summed E-state index contributed by atoms with van der Waals surface area (Å²) in [6.45, 7) is 1.33. The summed E-state index contributed by atoms with van der Waals surface area (Å²) in [4.78, 5) is 24.3. The normalized spacial score (nSPS) is 15.4. The number of nitrogens with zero attached hydrogens (tertiary/aromatic N) is 1. The second kappa shape index (κ2) is 9.90. The number of hydrogen-bond donors (Lipinski definition) is 2. The zero-order chi connectivity index (χ0) is 21.5. The Balaban J connectivity index is 1.25. The van der Waals surface area contributed by atoms with E-state index < -0.39 is 0 Å². The van der Waals surface area contributed by atoms with Gasteiger partial charge in [-0.25, -0.2) is 0 Å². The van der Waals surface area contributed by atoms with Crippen molar-refractivity contribution in [2.75, 3.05) is 18.5 Å². The summed E-state index contributed by atoms with van der Waals surface area (Å²) < 4.78 is 16.3. The highest BCUT2D eigenvalue weighted by molar-refractivity contribution is 6.04. The molecule has 1 aromatic heterocycles. The highest BCUT2D eigenvalue weighted by Gasteiger charge is 2.18. The Bertz CT molecular complexity index is 1010. The van der Waals surface area contributed by atoms with Gasteiger partial charge in [0.1, 0.15) is 12.4 Å². The van der Waals surface area contributed by atoms with Gasteiger partial charge in [0.2, 0.25) is 0 Å². The number of aromatic nitrogens is 1. The molecule has 0 spiro atoms. The number of carbonyl (C=O) groups excluding carboxylic acids is 2. The fourth-order valence-electron chi connectivity index (χ4n) is 3.17. The molecule has 8 nitrogen and oxygen atoms in total. The van der Waals surface area contributed by atoms with Crippen molar-refractivity contribution >= 4 is 17.5 Å². The van der Waals surface area contributed by atoms with Gasteiger partial charge in [-0.2, -0.15) is 0 Å². The average molecular weight is 421 g/mol. The Labute approximate surface area is 179 Å². The van der Waals surface area contributed by atoms with Crippen molar-refractivity contribution in [2.45, 2.75) is 25.6 Å². The summed E-state index contributed by atoms with van der Waals surface area (Å²) in [5, 5.41) is 9.42. The summed E-state index contributed by atoms with van der Waals surface area (Å²) in [6, 6.07) is 17.5. The van der Waals surface area contributed by atoms with Gasteiger partial charge >= 0.3 is 0 Å². The lowest BCUT2D eigenvalue weighted by Crippen LogP contribution is -2.31. The van der Waals surface area contributed by atoms with Crippen LogP contribution in [0.15, 0.2) is 65.2 Å². The van der Waals surface area contributed by atoms with Crippen LogP contribution in [0, 0.1) is 0 Å². The lowest BCUT2D eigenvalue weighted by Gasteiger charge is -2.09. The largest absolute Gasteiger partial charge is 0.486 e. The zero-order valence-corrected chi connectivity index (χ0v) is 16.9. The minimum Gasteiger partial charge on any atom is -0.486 e. The number of carbonyl (C=O) groups is 2. The molecular weight excluding hydrogens is 398 g/mol. The number of amides is 2. The Hall–Kier alpha value is -3.65. The standard InChI is InChI=1S/C23H23N3O5/c27-22(16-5-2-1-3-6-16)25-17-8-10-18(11-9-17)30-15-20-13-21(26-31-20)23(28)24-14-19-7-4-12-29-19/h1-3,5-6,8-11,13,19H,4,7,12,14-15H2,(H,24,28)(H,25,27)/t19-/m1/s1. The van der Waals surface area contributed by atoms with Crippen molar-refractivity contribution in [1.29, 1.82) is 0 Å². The molecule has 3 aromatic rings. The van der Waals surface area contributed by atoms with Crippen molar-refractivity contribution in [2.24, 2.45) is 0 Å². The number of rotatable bonds is 8. The summed E-state index contributed by atoms with van der Waals surface area (Å²) in [7, 11) is 0. The van der Waals surface area contributed by atoms with Gasteiger partial charge in [0.25, 0.3) is 11.8 Å². The maximum atomic E-state index is 12.2. The van der Waals surface area contributed by atoms with Crippen LogP contribution in [-0.4, -0.2) is 36.2 Å². The molecule has 2 heterocycles. The predicted molar refractivity (Wildman–Crippen MR) is 113 cm³/mol. The van der Waals surface area contributed by atoms with Crippen LogP contribution in [0.25, 0.3) is 0 Å². The van der Waals surface area contributed by atoms with E-state index in [1.165, 1.54) is 0 Å². The molecule has 1 atom stereocenters. The van der Waals surface area contributed by atoms with Crippen LogP contribution >= 0.6 is 0 Å². The van der Waals surface area contributed by atoms with E-state index in [0.29, 0.717) is 29.3 Å². The third kappa shape index (κ3) is 5.70. The second-order valence-corrected chi connectivity index (χ2v) is 7.16. The van der Waals surface area contributed by atoms with Gasteiger partial charge in [-0.15, -0.1) is 0 Å². The smallest absolute Gasteiger partial charge is 0.273 e. The molecule has 2 aromatic carbocycles. The molecule has 1 aliphatic rings. The maximum Gasteiger partial charge on any atom is 0.273 e. The fourth-order valence-corrected chi connectivity index (χ4v) is 3.17. The van der Waals surface area contributed by atoms with Crippen molar-refractivity contribution in [3.63, 3.8) is 0 Å². The van der Waals surface area contributed by atoms with E-state index in [0.717, 1.165) is 19.4 Å². The number of nitrogens with one attached hydrogen (secondary N) is 2. The molecule has 4 rings (SSSR count). The molecule has 31 heavy (non-hydrogen) atoms. The molecule has 0 unspecified atom stereocenters. The topological polar surface area (TPSA) is 103 Å². The predicted octanol–water partition coefficient (Wildman–Crippen LogP) is 3.41.